The van der Waals surface area contributed by atoms with E-state index in [9.17, 15) is 19.2 Å². The van der Waals surface area contributed by atoms with Crippen LogP contribution in [0.5, 0.6) is 0 Å². The predicted octanol–water partition coefficient (Wildman–Crippen LogP) is 3.03. The van der Waals surface area contributed by atoms with E-state index in [1.165, 1.54) is 0 Å². The Labute approximate surface area is 185 Å². The number of nitrogens with one attached hydrogen (secondary N) is 2. The lowest BCUT2D eigenvalue weighted by Gasteiger charge is -2.08. The van der Waals surface area contributed by atoms with Gasteiger partial charge in [-0.2, -0.15) is 0 Å². The number of hydrogen-bond acceptors (Lipinski definition) is 5. The van der Waals surface area contributed by atoms with E-state index in [0.29, 0.717) is 24.2 Å². The van der Waals surface area contributed by atoms with Gasteiger partial charge < -0.3 is 22.1 Å². The van der Waals surface area contributed by atoms with Gasteiger partial charge in [0, 0.05) is 46.8 Å². The first kappa shape index (κ1) is 23.9. The molecule has 0 saturated carbocycles. The van der Waals surface area contributed by atoms with Crippen molar-refractivity contribution < 1.29 is 19.2 Å². The van der Waals surface area contributed by atoms with E-state index in [-0.39, 0.29) is 37.5 Å². The number of carbonyl (C=O) groups excluding carboxylic acids is 4. The van der Waals surface area contributed by atoms with E-state index in [4.69, 9.17) is 11.5 Å². The molecule has 4 amide bonds. The second-order valence-electron chi connectivity index (χ2n) is 6.89. The lowest BCUT2D eigenvalue weighted by Crippen LogP contribution is -2.14. The second kappa shape index (κ2) is 12.4. The first-order valence-corrected chi connectivity index (χ1v) is 10.7. The number of benzene rings is 2. The first-order chi connectivity index (χ1) is 14.8. The van der Waals surface area contributed by atoms with Gasteiger partial charge in [0.05, 0.1) is 0 Å². The van der Waals surface area contributed by atoms with Crippen molar-refractivity contribution >= 4 is 46.8 Å². The fourth-order valence-electron chi connectivity index (χ4n) is 2.64. The molecule has 6 N–H and O–H groups in total. The highest BCUT2D eigenvalue weighted by atomic mass is 32.2. The van der Waals surface area contributed by atoms with Crippen LogP contribution < -0.4 is 22.1 Å². The summed E-state index contributed by atoms with van der Waals surface area (Å²) in [5, 5.41) is 5.57. The average Bonchev–Trinajstić information content (AvgIpc) is 2.70. The third kappa shape index (κ3) is 9.81. The van der Waals surface area contributed by atoms with E-state index < -0.39 is 11.8 Å². The Bertz CT molecular complexity index is 839. The molecule has 0 aliphatic rings. The van der Waals surface area contributed by atoms with E-state index in [2.05, 4.69) is 10.6 Å². The maximum atomic E-state index is 11.8. The maximum Gasteiger partial charge on any atom is 0.224 e. The van der Waals surface area contributed by atoms with E-state index in [0.717, 1.165) is 9.79 Å². The van der Waals surface area contributed by atoms with E-state index in [1.54, 1.807) is 11.8 Å². The first-order valence-electron chi connectivity index (χ1n) is 9.86. The van der Waals surface area contributed by atoms with Gasteiger partial charge in [-0.25, -0.2) is 0 Å². The largest absolute Gasteiger partial charge is 0.370 e. The number of hydrogen-bond donors (Lipinski definition) is 4. The van der Waals surface area contributed by atoms with Crippen LogP contribution in [0, 0.1) is 0 Å². The fourth-order valence-corrected chi connectivity index (χ4v) is 3.46. The molecule has 9 heteroatoms. The molecule has 0 aliphatic carbocycles. The summed E-state index contributed by atoms with van der Waals surface area (Å²) in [6.45, 7) is 0. The minimum Gasteiger partial charge on any atom is -0.370 e. The molecule has 2 rings (SSSR count). The van der Waals surface area contributed by atoms with Crippen LogP contribution in [0.1, 0.15) is 38.5 Å². The van der Waals surface area contributed by atoms with Crippen molar-refractivity contribution in [1.82, 2.24) is 0 Å². The summed E-state index contributed by atoms with van der Waals surface area (Å²) in [5.41, 5.74) is 11.5. The molecule has 0 heterocycles. The van der Waals surface area contributed by atoms with Crippen molar-refractivity contribution in [3.05, 3.63) is 48.5 Å². The summed E-state index contributed by atoms with van der Waals surface area (Å²) in [6, 6.07) is 14.9. The van der Waals surface area contributed by atoms with E-state index >= 15 is 0 Å². The summed E-state index contributed by atoms with van der Waals surface area (Å²) < 4.78 is 0. The minimum absolute atomic E-state index is 0.158. The number of carbonyl (C=O) groups is 4. The fraction of sp³-hybridized carbons (Fsp3) is 0.273. The molecule has 0 unspecified atom stereocenters. The maximum absolute atomic E-state index is 11.8. The smallest absolute Gasteiger partial charge is 0.224 e. The zero-order chi connectivity index (χ0) is 22.6. The van der Waals surface area contributed by atoms with Crippen molar-refractivity contribution in [2.24, 2.45) is 11.5 Å². The molecule has 2 aromatic carbocycles. The summed E-state index contributed by atoms with van der Waals surface area (Å²) in [7, 11) is 0. The SMILES string of the molecule is NC(=O)CCCC(=O)Nc1ccc(Sc2ccc(NC(=O)CCCC(N)=O)cc2)cc1. The number of anilines is 2. The van der Waals surface area contributed by atoms with Crippen molar-refractivity contribution in [3.8, 4) is 0 Å². The van der Waals surface area contributed by atoms with Gasteiger partial charge in [-0.05, 0) is 61.4 Å². The van der Waals surface area contributed by atoms with Crippen LogP contribution in [0.3, 0.4) is 0 Å². The highest BCUT2D eigenvalue weighted by molar-refractivity contribution is 7.99. The van der Waals surface area contributed by atoms with Gasteiger partial charge in [-0.15, -0.1) is 0 Å². The van der Waals surface area contributed by atoms with Gasteiger partial charge in [0.1, 0.15) is 0 Å². The lowest BCUT2D eigenvalue weighted by molar-refractivity contribution is -0.120. The zero-order valence-electron chi connectivity index (χ0n) is 17.1. The third-order valence-corrected chi connectivity index (χ3v) is 5.18. The Kier molecular flexibility index (Phi) is 9.57. The molecule has 8 nitrogen and oxygen atoms in total. The summed E-state index contributed by atoms with van der Waals surface area (Å²) in [6.07, 6.45) is 1.74. The minimum atomic E-state index is -0.412. The molecule has 31 heavy (non-hydrogen) atoms. The van der Waals surface area contributed by atoms with Crippen LogP contribution in [0.15, 0.2) is 58.3 Å². The van der Waals surface area contributed by atoms with Gasteiger partial charge in [0.25, 0.3) is 0 Å². The van der Waals surface area contributed by atoms with E-state index in [1.807, 2.05) is 48.5 Å². The molecule has 0 fully saturated rings. The number of rotatable bonds is 12. The highest BCUT2D eigenvalue weighted by Crippen LogP contribution is 2.29. The molecule has 0 spiro atoms. The third-order valence-electron chi connectivity index (χ3n) is 4.17. The molecule has 0 bridgehead atoms. The summed E-state index contributed by atoms with van der Waals surface area (Å²) in [5.74, 6) is -1.14. The molecular formula is C22H26N4O4S. The lowest BCUT2D eigenvalue weighted by atomic mass is 10.2. The number of primary amides is 2. The van der Waals surface area contributed by atoms with Gasteiger partial charge in [0.15, 0.2) is 0 Å². The van der Waals surface area contributed by atoms with Gasteiger partial charge in [-0.3, -0.25) is 19.2 Å². The Morgan fingerprint density at radius 3 is 1.29 bits per heavy atom. The summed E-state index contributed by atoms with van der Waals surface area (Å²) >= 11 is 1.55. The summed E-state index contributed by atoms with van der Waals surface area (Å²) in [4.78, 5) is 47.1. The topological polar surface area (TPSA) is 144 Å². The Balaban J connectivity index is 1.79. The molecular weight excluding hydrogens is 416 g/mol. The molecule has 0 atom stereocenters. The van der Waals surface area contributed by atoms with Crippen LogP contribution in [-0.2, 0) is 19.2 Å². The van der Waals surface area contributed by atoms with Crippen molar-refractivity contribution in [2.75, 3.05) is 10.6 Å². The highest BCUT2D eigenvalue weighted by Gasteiger charge is 2.06. The molecule has 0 aromatic heterocycles. The predicted molar refractivity (Wildman–Crippen MR) is 120 cm³/mol. The number of amides is 4. The van der Waals surface area contributed by atoms with Gasteiger partial charge in [-0.1, -0.05) is 11.8 Å². The normalized spacial score (nSPS) is 10.3. The molecule has 0 aliphatic heterocycles. The Morgan fingerprint density at radius 1 is 0.613 bits per heavy atom. The molecule has 164 valence electrons. The monoisotopic (exact) mass is 442 g/mol. The van der Waals surface area contributed by atoms with Crippen LogP contribution in [0.25, 0.3) is 0 Å². The van der Waals surface area contributed by atoms with Gasteiger partial charge >= 0.3 is 0 Å². The van der Waals surface area contributed by atoms with Crippen LogP contribution in [0.2, 0.25) is 0 Å². The average molecular weight is 443 g/mol. The number of nitrogens with two attached hydrogens (primary N) is 2. The molecule has 0 saturated heterocycles. The Morgan fingerprint density at radius 2 is 0.968 bits per heavy atom. The van der Waals surface area contributed by atoms with Crippen LogP contribution >= 0.6 is 11.8 Å². The molecule has 0 radical (unpaired) electrons. The van der Waals surface area contributed by atoms with Gasteiger partial charge in [0.2, 0.25) is 23.6 Å². The zero-order valence-corrected chi connectivity index (χ0v) is 17.9. The second-order valence-corrected chi connectivity index (χ2v) is 8.03. The van der Waals surface area contributed by atoms with Crippen molar-refractivity contribution in [1.29, 1.82) is 0 Å². The quantitative estimate of drug-likeness (QED) is 0.399. The van der Waals surface area contributed by atoms with Crippen LogP contribution in [0.4, 0.5) is 11.4 Å². The van der Waals surface area contributed by atoms with Crippen molar-refractivity contribution in [3.63, 3.8) is 0 Å². The Hall–Kier alpha value is -3.33. The standard InChI is InChI=1S/C22H26N4O4S/c23-19(27)3-1-5-21(29)25-15-7-11-17(12-8-15)31-18-13-9-16(10-14-18)26-22(30)6-2-4-20(24)28/h7-14H,1-6H2,(H2,23,27)(H2,24,28)(H,25,29)(H,26,30). The van der Waals surface area contributed by atoms with Crippen LogP contribution in [-0.4, -0.2) is 23.6 Å². The molecule has 2 aromatic rings. The van der Waals surface area contributed by atoms with Crippen molar-refractivity contribution in [2.45, 2.75) is 48.3 Å².